The molecule has 0 spiro atoms. The zero-order valence-corrected chi connectivity index (χ0v) is 13.5. The minimum absolute atomic E-state index is 0.726. The topological polar surface area (TPSA) is 49.8 Å². The van der Waals surface area contributed by atoms with Gasteiger partial charge in [-0.05, 0) is 26.0 Å². The summed E-state index contributed by atoms with van der Waals surface area (Å²) in [7, 11) is 0. The van der Waals surface area contributed by atoms with E-state index in [2.05, 4.69) is 34.4 Å². The van der Waals surface area contributed by atoms with E-state index in [1.54, 1.807) is 11.3 Å². The summed E-state index contributed by atoms with van der Waals surface area (Å²) in [6.45, 7) is 7.73. The third-order valence-corrected chi connectivity index (χ3v) is 4.14. The molecule has 0 aliphatic heterocycles. The Morgan fingerprint density at radius 3 is 2.40 bits per heavy atom. The molecule has 0 unspecified atom stereocenters. The number of anilines is 2. The highest BCUT2D eigenvalue weighted by atomic mass is 35.5. The molecule has 0 fully saturated rings. The second-order valence-electron chi connectivity index (χ2n) is 4.41. The average Bonchev–Trinajstić information content (AvgIpc) is 2.85. The molecule has 0 aliphatic rings. The van der Waals surface area contributed by atoms with Crippen LogP contribution in [0.1, 0.15) is 30.1 Å². The highest BCUT2D eigenvalue weighted by Crippen LogP contribution is 2.24. The second kappa shape index (κ2) is 6.90. The number of thiophene rings is 1. The van der Waals surface area contributed by atoms with Crippen molar-refractivity contribution in [1.29, 1.82) is 0 Å². The molecule has 0 bridgehead atoms. The minimum atomic E-state index is 0.726. The number of aryl methyl sites for hydroxylation is 1. The van der Waals surface area contributed by atoms with Gasteiger partial charge < -0.3 is 10.6 Å². The molecular formula is C14H19ClN4S. The molecular weight excluding hydrogens is 292 g/mol. The molecule has 0 amide bonds. The van der Waals surface area contributed by atoms with Gasteiger partial charge in [0.1, 0.15) is 17.5 Å². The lowest BCUT2D eigenvalue weighted by molar-refractivity contribution is 0.920. The maximum Gasteiger partial charge on any atom is 0.135 e. The van der Waals surface area contributed by atoms with Crippen LogP contribution in [0.5, 0.6) is 0 Å². The second-order valence-corrected chi connectivity index (χ2v) is 6.20. The fourth-order valence-electron chi connectivity index (χ4n) is 1.85. The van der Waals surface area contributed by atoms with Gasteiger partial charge in [0.25, 0.3) is 0 Å². The maximum atomic E-state index is 5.94. The zero-order chi connectivity index (χ0) is 14.5. The SMILES string of the molecule is CCNc1nc(CC)nc(NCc2ccc(Cl)s2)c1C. The van der Waals surface area contributed by atoms with E-state index in [0.717, 1.165) is 46.9 Å². The number of hydrogen-bond acceptors (Lipinski definition) is 5. The van der Waals surface area contributed by atoms with E-state index >= 15 is 0 Å². The first-order valence-electron chi connectivity index (χ1n) is 6.73. The van der Waals surface area contributed by atoms with Crippen LogP contribution < -0.4 is 10.6 Å². The Balaban J connectivity index is 2.19. The number of halogens is 1. The Morgan fingerprint density at radius 1 is 1.15 bits per heavy atom. The lowest BCUT2D eigenvalue weighted by Gasteiger charge is -2.13. The van der Waals surface area contributed by atoms with Crippen LogP contribution >= 0.6 is 22.9 Å². The first kappa shape index (κ1) is 15.1. The quantitative estimate of drug-likeness (QED) is 0.843. The Hall–Kier alpha value is -1.33. The normalized spacial score (nSPS) is 10.6. The molecule has 0 atom stereocenters. The summed E-state index contributed by atoms with van der Waals surface area (Å²) in [5.74, 6) is 2.64. The van der Waals surface area contributed by atoms with Gasteiger partial charge in [-0.3, -0.25) is 0 Å². The fourth-order valence-corrected chi connectivity index (χ4v) is 2.88. The largest absolute Gasteiger partial charge is 0.370 e. The van der Waals surface area contributed by atoms with Gasteiger partial charge in [0.15, 0.2) is 0 Å². The molecule has 0 aromatic carbocycles. The van der Waals surface area contributed by atoms with Gasteiger partial charge in [-0.2, -0.15) is 0 Å². The molecule has 2 aromatic heterocycles. The predicted octanol–water partition coefficient (Wildman–Crippen LogP) is 4.11. The van der Waals surface area contributed by atoms with E-state index < -0.39 is 0 Å². The van der Waals surface area contributed by atoms with Crippen molar-refractivity contribution in [2.75, 3.05) is 17.2 Å². The summed E-state index contributed by atoms with van der Waals surface area (Å²) in [5.41, 5.74) is 1.05. The lowest BCUT2D eigenvalue weighted by Crippen LogP contribution is -2.10. The summed E-state index contributed by atoms with van der Waals surface area (Å²) >= 11 is 7.52. The van der Waals surface area contributed by atoms with E-state index in [1.807, 2.05) is 19.1 Å². The monoisotopic (exact) mass is 310 g/mol. The molecule has 6 heteroatoms. The van der Waals surface area contributed by atoms with E-state index in [-0.39, 0.29) is 0 Å². The summed E-state index contributed by atoms with van der Waals surface area (Å²) in [6.07, 6.45) is 0.818. The van der Waals surface area contributed by atoms with E-state index in [1.165, 1.54) is 4.88 Å². The Bertz CT molecular complexity index is 583. The number of nitrogens with zero attached hydrogens (tertiary/aromatic N) is 2. The summed E-state index contributed by atoms with van der Waals surface area (Å²) in [5, 5.41) is 6.66. The fraction of sp³-hybridized carbons (Fsp3) is 0.429. The predicted molar refractivity (Wildman–Crippen MR) is 87.0 cm³/mol. The molecule has 20 heavy (non-hydrogen) atoms. The van der Waals surface area contributed by atoms with Crippen LogP contribution in [0.15, 0.2) is 12.1 Å². The van der Waals surface area contributed by atoms with Crippen LogP contribution in [0.3, 0.4) is 0 Å². The van der Waals surface area contributed by atoms with Gasteiger partial charge in [-0.25, -0.2) is 9.97 Å². The van der Waals surface area contributed by atoms with Crippen molar-refractivity contribution in [2.45, 2.75) is 33.7 Å². The zero-order valence-electron chi connectivity index (χ0n) is 12.0. The molecule has 0 saturated heterocycles. The molecule has 2 aromatic rings. The van der Waals surface area contributed by atoms with Crippen molar-refractivity contribution in [2.24, 2.45) is 0 Å². The van der Waals surface area contributed by atoms with E-state index in [4.69, 9.17) is 11.6 Å². The minimum Gasteiger partial charge on any atom is -0.370 e. The van der Waals surface area contributed by atoms with Crippen LogP contribution in [-0.2, 0) is 13.0 Å². The van der Waals surface area contributed by atoms with Gasteiger partial charge in [-0.1, -0.05) is 18.5 Å². The number of rotatable bonds is 6. The van der Waals surface area contributed by atoms with Crippen molar-refractivity contribution in [3.63, 3.8) is 0 Å². The van der Waals surface area contributed by atoms with Crippen molar-refractivity contribution in [1.82, 2.24) is 9.97 Å². The molecule has 2 rings (SSSR count). The Kier molecular flexibility index (Phi) is 5.20. The smallest absolute Gasteiger partial charge is 0.135 e. The standard InChI is InChI=1S/C14H19ClN4S/c1-4-12-18-13(16-5-2)9(3)14(19-12)17-8-10-6-7-11(15)20-10/h6-7H,4-5,8H2,1-3H3,(H2,16,17,18,19). The van der Waals surface area contributed by atoms with Crippen LogP contribution in [0.25, 0.3) is 0 Å². The molecule has 108 valence electrons. The number of nitrogens with one attached hydrogen (secondary N) is 2. The first-order valence-corrected chi connectivity index (χ1v) is 7.93. The molecule has 0 aliphatic carbocycles. The van der Waals surface area contributed by atoms with Crippen molar-refractivity contribution >= 4 is 34.6 Å². The van der Waals surface area contributed by atoms with Crippen molar-refractivity contribution < 1.29 is 0 Å². The summed E-state index contributed by atoms with van der Waals surface area (Å²) in [4.78, 5) is 10.3. The van der Waals surface area contributed by atoms with Crippen LogP contribution in [0.2, 0.25) is 4.34 Å². The van der Waals surface area contributed by atoms with Crippen LogP contribution in [0.4, 0.5) is 11.6 Å². The van der Waals surface area contributed by atoms with Crippen molar-refractivity contribution in [3.05, 3.63) is 32.7 Å². The highest BCUT2D eigenvalue weighted by molar-refractivity contribution is 7.16. The highest BCUT2D eigenvalue weighted by Gasteiger charge is 2.10. The van der Waals surface area contributed by atoms with Crippen LogP contribution in [0, 0.1) is 6.92 Å². The van der Waals surface area contributed by atoms with Crippen LogP contribution in [-0.4, -0.2) is 16.5 Å². The molecule has 0 saturated carbocycles. The molecule has 0 radical (unpaired) electrons. The molecule has 2 N–H and O–H groups in total. The van der Waals surface area contributed by atoms with Gasteiger partial charge in [-0.15, -0.1) is 11.3 Å². The van der Waals surface area contributed by atoms with E-state index in [0.29, 0.717) is 0 Å². The van der Waals surface area contributed by atoms with Crippen molar-refractivity contribution in [3.8, 4) is 0 Å². The number of aromatic nitrogens is 2. The Labute approximate surface area is 128 Å². The van der Waals surface area contributed by atoms with Gasteiger partial charge in [0.2, 0.25) is 0 Å². The lowest BCUT2D eigenvalue weighted by atomic mass is 10.3. The van der Waals surface area contributed by atoms with Gasteiger partial charge in [0, 0.05) is 23.4 Å². The summed E-state index contributed by atoms with van der Waals surface area (Å²) in [6, 6.07) is 3.94. The maximum absolute atomic E-state index is 5.94. The summed E-state index contributed by atoms with van der Waals surface area (Å²) < 4.78 is 0.809. The third-order valence-electron chi connectivity index (χ3n) is 2.91. The van der Waals surface area contributed by atoms with Gasteiger partial charge in [0.05, 0.1) is 10.9 Å². The van der Waals surface area contributed by atoms with Gasteiger partial charge >= 0.3 is 0 Å². The van der Waals surface area contributed by atoms with E-state index in [9.17, 15) is 0 Å². The first-order chi connectivity index (χ1) is 9.63. The number of hydrogen-bond donors (Lipinski definition) is 2. The molecule has 4 nitrogen and oxygen atoms in total. The molecule has 2 heterocycles. The Morgan fingerprint density at radius 2 is 1.85 bits per heavy atom. The third kappa shape index (κ3) is 3.61. The average molecular weight is 311 g/mol.